The maximum atomic E-state index is 15.2. The first-order valence-electron chi connectivity index (χ1n) is 13.9. The molecule has 3 N–H and O–H groups in total. The van der Waals surface area contributed by atoms with Crippen LogP contribution in [0.1, 0.15) is 64.0 Å². The Balaban J connectivity index is 1.60. The lowest BCUT2D eigenvalue weighted by atomic mass is 9.98. The monoisotopic (exact) mass is 584 g/mol. The van der Waals surface area contributed by atoms with Gasteiger partial charge in [0.15, 0.2) is 0 Å². The highest BCUT2D eigenvalue weighted by molar-refractivity contribution is 6.11. The van der Waals surface area contributed by atoms with E-state index >= 15 is 4.39 Å². The van der Waals surface area contributed by atoms with Gasteiger partial charge in [0.2, 0.25) is 0 Å². The predicted octanol–water partition coefficient (Wildman–Crippen LogP) is 6.08. The Morgan fingerprint density at radius 1 is 1.02 bits per heavy atom. The van der Waals surface area contributed by atoms with Gasteiger partial charge in [-0.1, -0.05) is 24.3 Å². The summed E-state index contributed by atoms with van der Waals surface area (Å²) in [6.07, 6.45) is -3.31. The molecule has 0 aliphatic carbocycles. The third kappa shape index (κ3) is 7.77. The number of alkyl halides is 1. The number of nitrogens with zero attached hydrogens (tertiary/aromatic N) is 1. The van der Waals surface area contributed by atoms with Crippen LogP contribution in [0.3, 0.4) is 0 Å². The number of hydrogen-bond donors (Lipinski definition) is 3. The van der Waals surface area contributed by atoms with Crippen molar-refractivity contribution in [1.29, 1.82) is 0 Å². The molecule has 0 saturated carbocycles. The van der Waals surface area contributed by atoms with Crippen molar-refractivity contribution in [2.75, 3.05) is 13.1 Å². The van der Waals surface area contributed by atoms with Crippen LogP contribution in [0.15, 0.2) is 42.5 Å². The van der Waals surface area contributed by atoms with Gasteiger partial charge >= 0.3 is 12.2 Å². The molecule has 1 aliphatic rings. The Bertz CT molecular complexity index is 1470. The summed E-state index contributed by atoms with van der Waals surface area (Å²) in [7, 11) is 0. The molecule has 0 spiro atoms. The lowest BCUT2D eigenvalue weighted by Crippen LogP contribution is -2.48. The van der Waals surface area contributed by atoms with Crippen LogP contribution in [-0.2, 0) is 16.0 Å². The normalized spacial score (nSPS) is 14.9. The molecule has 11 heteroatoms. The van der Waals surface area contributed by atoms with E-state index in [1.165, 1.54) is 17.0 Å². The van der Waals surface area contributed by atoms with Crippen LogP contribution in [0, 0.1) is 5.82 Å². The molecule has 3 aromatic rings. The van der Waals surface area contributed by atoms with Gasteiger partial charge in [-0.15, -0.1) is 0 Å². The van der Waals surface area contributed by atoms with Gasteiger partial charge in [-0.05, 0) is 70.9 Å². The number of hydrogen-bond acceptors (Lipinski definition) is 5. The number of halogens is 2. The van der Waals surface area contributed by atoms with Crippen molar-refractivity contribution >= 4 is 29.0 Å². The highest BCUT2D eigenvalue weighted by Crippen LogP contribution is 2.38. The number of H-pyrrole nitrogens is 1. The molecule has 0 fully saturated rings. The number of carbonyl (C=O) groups excluding carboxylic acids is 3. The van der Waals surface area contributed by atoms with E-state index in [1.807, 2.05) is 24.3 Å². The van der Waals surface area contributed by atoms with Gasteiger partial charge in [0.1, 0.15) is 28.9 Å². The molecule has 1 aromatic heterocycles. The van der Waals surface area contributed by atoms with E-state index < -0.39 is 41.4 Å². The summed E-state index contributed by atoms with van der Waals surface area (Å²) in [6, 6.07) is 10.9. The fourth-order valence-corrected chi connectivity index (χ4v) is 4.91. The second-order valence-corrected chi connectivity index (χ2v) is 12.5. The molecule has 2 heterocycles. The third-order valence-corrected chi connectivity index (χ3v) is 6.48. The number of aromatic nitrogens is 1. The number of rotatable bonds is 7. The Labute approximate surface area is 243 Å². The molecule has 9 nitrogen and oxygen atoms in total. The van der Waals surface area contributed by atoms with E-state index in [0.717, 1.165) is 11.1 Å². The summed E-state index contributed by atoms with van der Waals surface area (Å²) in [5.41, 5.74) is 1.53. The zero-order valence-electron chi connectivity index (χ0n) is 24.8. The van der Waals surface area contributed by atoms with E-state index in [-0.39, 0.29) is 37.7 Å². The minimum Gasteiger partial charge on any atom is -0.444 e. The molecule has 42 heavy (non-hydrogen) atoms. The number of carbonyl (C=O) groups is 3. The molecule has 0 bridgehead atoms. The van der Waals surface area contributed by atoms with Crippen molar-refractivity contribution in [3.63, 3.8) is 0 Å². The van der Waals surface area contributed by atoms with Crippen LogP contribution in [0.2, 0.25) is 0 Å². The van der Waals surface area contributed by atoms with Crippen LogP contribution in [0.25, 0.3) is 22.0 Å². The van der Waals surface area contributed by atoms with Crippen LogP contribution in [0.5, 0.6) is 0 Å². The Kier molecular flexibility index (Phi) is 8.79. The Morgan fingerprint density at radius 3 is 2.38 bits per heavy atom. The molecule has 3 amide bonds. The van der Waals surface area contributed by atoms with Crippen LogP contribution in [-0.4, -0.2) is 64.5 Å². The second kappa shape index (κ2) is 12.0. The molecule has 4 rings (SSSR count). The number of aromatic amines is 1. The fourth-order valence-electron chi connectivity index (χ4n) is 4.91. The molecular formula is C31H38F2N4O5. The van der Waals surface area contributed by atoms with Gasteiger partial charge in [0.05, 0.1) is 12.6 Å². The molecule has 2 atom stereocenters. The summed E-state index contributed by atoms with van der Waals surface area (Å²) in [5.74, 6) is -0.804. The Hall–Kier alpha value is -4.15. The average Bonchev–Trinajstić information content (AvgIpc) is 3.18. The van der Waals surface area contributed by atoms with Gasteiger partial charge in [-0.25, -0.2) is 18.4 Å². The standard InChI is InChI=1S/C31H38F2N4O5/c1-30(2,3)41-28(39)34-15-20(33)13-21(35-29(40)42-31(4,5)6)17-37-16-18-9-7-8-10-22(18)25-23-14-19(32)11-12-24(23)36-26(25)27(37)38/h7-12,14,20-21,36H,13,15-17H2,1-6H3,(H,34,39)(H,35,40)/t20-,21+/m1/s1. The van der Waals surface area contributed by atoms with Gasteiger partial charge in [0, 0.05) is 36.0 Å². The van der Waals surface area contributed by atoms with E-state index in [4.69, 9.17) is 9.47 Å². The topological polar surface area (TPSA) is 113 Å². The highest BCUT2D eigenvalue weighted by Gasteiger charge is 2.32. The quantitative estimate of drug-likeness (QED) is 0.312. The lowest BCUT2D eigenvalue weighted by Gasteiger charge is -2.29. The molecule has 226 valence electrons. The summed E-state index contributed by atoms with van der Waals surface area (Å²) in [4.78, 5) is 43.3. The number of alkyl carbamates (subject to hydrolysis) is 2. The van der Waals surface area contributed by atoms with E-state index in [1.54, 1.807) is 47.6 Å². The lowest BCUT2D eigenvalue weighted by molar-refractivity contribution is 0.0446. The van der Waals surface area contributed by atoms with Crippen molar-refractivity contribution in [2.45, 2.75) is 77.9 Å². The average molecular weight is 585 g/mol. The number of ether oxygens (including phenoxy) is 2. The molecule has 0 radical (unpaired) electrons. The first-order chi connectivity index (χ1) is 19.6. The van der Waals surface area contributed by atoms with E-state index in [0.29, 0.717) is 16.5 Å². The minimum atomic E-state index is -1.57. The van der Waals surface area contributed by atoms with Crippen LogP contribution in [0.4, 0.5) is 18.4 Å². The summed E-state index contributed by atoms with van der Waals surface area (Å²) in [5, 5.41) is 5.69. The van der Waals surface area contributed by atoms with Crippen molar-refractivity contribution in [1.82, 2.24) is 20.5 Å². The number of amides is 3. The molecule has 1 aliphatic heterocycles. The van der Waals surface area contributed by atoms with E-state index in [9.17, 15) is 18.8 Å². The van der Waals surface area contributed by atoms with Crippen molar-refractivity contribution in [2.24, 2.45) is 0 Å². The maximum Gasteiger partial charge on any atom is 0.407 e. The zero-order valence-corrected chi connectivity index (χ0v) is 24.8. The molecular weight excluding hydrogens is 546 g/mol. The van der Waals surface area contributed by atoms with E-state index in [2.05, 4.69) is 15.6 Å². The van der Waals surface area contributed by atoms with Gasteiger partial charge in [-0.2, -0.15) is 0 Å². The number of benzene rings is 2. The SMILES string of the molecule is CC(C)(C)OC(=O)NC[C@H](F)C[C@@H](CN1Cc2ccccc2-c2c([nH]c3ccc(F)cc23)C1=O)NC(=O)OC(C)(C)C. The van der Waals surface area contributed by atoms with Crippen molar-refractivity contribution < 1.29 is 32.6 Å². The molecule has 0 unspecified atom stereocenters. The van der Waals surface area contributed by atoms with Crippen LogP contribution < -0.4 is 10.6 Å². The minimum absolute atomic E-state index is 0.0531. The highest BCUT2D eigenvalue weighted by atomic mass is 19.1. The maximum absolute atomic E-state index is 15.2. The summed E-state index contributed by atoms with van der Waals surface area (Å²) < 4.78 is 40.0. The molecule has 0 saturated heterocycles. The Morgan fingerprint density at radius 2 is 1.69 bits per heavy atom. The predicted molar refractivity (Wildman–Crippen MR) is 155 cm³/mol. The van der Waals surface area contributed by atoms with Gasteiger partial charge < -0.3 is 30.0 Å². The third-order valence-electron chi connectivity index (χ3n) is 6.48. The zero-order chi connectivity index (χ0) is 30.8. The first-order valence-corrected chi connectivity index (χ1v) is 13.9. The molecule has 2 aromatic carbocycles. The largest absolute Gasteiger partial charge is 0.444 e. The fraction of sp³-hybridized carbons (Fsp3) is 0.452. The van der Waals surface area contributed by atoms with Gasteiger partial charge in [0.25, 0.3) is 5.91 Å². The van der Waals surface area contributed by atoms with Gasteiger partial charge in [-0.3, -0.25) is 4.79 Å². The summed E-state index contributed by atoms with van der Waals surface area (Å²) in [6.45, 7) is 9.99. The summed E-state index contributed by atoms with van der Waals surface area (Å²) >= 11 is 0. The van der Waals surface area contributed by atoms with Crippen molar-refractivity contribution in [3.8, 4) is 11.1 Å². The smallest absolute Gasteiger partial charge is 0.407 e. The number of nitrogens with one attached hydrogen (secondary N) is 3. The van der Waals surface area contributed by atoms with Crippen molar-refractivity contribution in [3.05, 3.63) is 59.5 Å². The first kappa shape index (κ1) is 30.8. The number of fused-ring (bicyclic) bond motifs is 5. The second-order valence-electron chi connectivity index (χ2n) is 12.5. The van der Waals surface area contributed by atoms with Crippen LogP contribution >= 0.6 is 0 Å².